The maximum absolute atomic E-state index is 13.7. The molecular weight excluding hydrogens is 236 g/mol. The van der Waals surface area contributed by atoms with Crippen molar-refractivity contribution in [2.75, 3.05) is 6.54 Å². The SMILES string of the molecule is CCNCc1oc2c(F)c(F)ccc2c1C1CC1. The van der Waals surface area contributed by atoms with Gasteiger partial charge in [0.2, 0.25) is 5.82 Å². The zero-order chi connectivity index (χ0) is 12.7. The van der Waals surface area contributed by atoms with Crippen molar-refractivity contribution in [2.45, 2.75) is 32.2 Å². The van der Waals surface area contributed by atoms with Gasteiger partial charge in [-0.25, -0.2) is 4.39 Å². The van der Waals surface area contributed by atoms with Crippen molar-refractivity contribution in [3.8, 4) is 0 Å². The Kier molecular flexibility index (Phi) is 2.82. The Morgan fingerprint density at radius 1 is 1.33 bits per heavy atom. The predicted molar refractivity (Wildman–Crippen MR) is 65.5 cm³/mol. The molecule has 1 aliphatic rings. The Hall–Kier alpha value is -1.42. The Morgan fingerprint density at radius 2 is 2.11 bits per heavy atom. The topological polar surface area (TPSA) is 25.2 Å². The first-order valence-electron chi connectivity index (χ1n) is 6.32. The molecule has 0 atom stereocenters. The summed E-state index contributed by atoms with van der Waals surface area (Å²) in [7, 11) is 0. The van der Waals surface area contributed by atoms with Crippen molar-refractivity contribution in [3.63, 3.8) is 0 Å². The largest absolute Gasteiger partial charge is 0.456 e. The van der Waals surface area contributed by atoms with Crippen LogP contribution in [0.5, 0.6) is 0 Å². The molecule has 1 N–H and O–H groups in total. The van der Waals surface area contributed by atoms with Crippen LogP contribution < -0.4 is 5.32 Å². The third-order valence-electron chi connectivity index (χ3n) is 3.39. The van der Waals surface area contributed by atoms with Gasteiger partial charge in [-0.15, -0.1) is 0 Å². The van der Waals surface area contributed by atoms with Crippen LogP contribution in [0.1, 0.15) is 37.0 Å². The Balaban J connectivity index is 2.15. The second kappa shape index (κ2) is 4.35. The molecule has 18 heavy (non-hydrogen) atoms. The minimum atomic E-state index is -0.878. The lowest BCUT2D eigenvalue weighted by atomic mass is 10.1. The summed E-state index contributed by atoms with van der Waals surface area (Å²) in [4.78, 5) is 0. The van der Waals surface area contributed by atoms with Gasteiger partial charge < -0.3 is 9.73 Å². The highest BCUT2D eigenvalue weighted by molar-refractivity contribution is 5.84. The molecule has 0 unspecified atom stereocenters. The van der Waals surface area contributed by atoms with Gasteiger partial charge in [0, 0.05) is 10.9 Å². The quantitative estimate of drug-likeness (QED) is 0.896. The first-order valence-corrected chi connectivity index (χ1v) is 6.32. The molecule has 0 aliphatic heterocycles. The summed E-state index contributed by atoms with van der Waals surface area (Å²) in [6.07, 6.45) is 2.21. The average molecular weight is 251 g/mol. The molecule has 0 spiro atoms. The highest BCUT2D eigenvalue weighted by Crippen LogP contribution is 2.46. The number of hydrogen-bond acceptors (Lipinski definition) is 2. The fourth-order valence-electron chi connectivity index (χ4n) is 2.36. The minimum Gasteiger partial charge on any atom is -0.456 e. The molecule has 3 rings (SSSR count). The molecule has 1 aromatic carbocycles. The molecule has 0 amide bonds. The number of fused-ring (bicyclic) bond motifs is 1. The fourth-order valence-corrected chi connectivity index (χ4v) is 2.36. The van der Waals surface area contributed by atoms with Crippen LogP contribution in [0.4, 0.5) is 8.78 Å². The monoisotopic (exact) mass is 251 g/mol. The number of nitrogens with one attached hydrogen (secondary N) is 1. The van der Waals surface area contributed by atoms with Gasteiger partial charge in [0.25, 0.3) is 0 Å². The summed E-state index contributed by atoms with van der Waals surface area (Å²) in [5.41, 5.74) is 1.12. The van der Waals surface area contributed by atoms with Crippen molar-refractivity contribution in [3.05, 3.63) is 35.1 Å². The van der Waals surface area contributed by atoms with E-state index in [1.54, 1.807) is 6.07 Å². The van der Waals surface area contributed by atoms with Gasteiger partial charge in [-0.2, -0.15) is 4.39 Å². The lowest BCUT2D eigenvalue weighted by Gasteiger charge is -2.01. The summed E-state index contributed by atoms with van der Waals surface area (Å²) in [5.74, 6) is -0.533. The Labute approximate surface area is 104 Å². The fraction of sp³-hybridized carbons (Fsp3) is 0.429. The number of furan rings is 1. The first-order chi connectivity index (χ1) is 8.72. The van der Waals surface area contributed by atoms with Crippen LogP contribution >= 0.6 is 0 Å². The van der Waals surface area contributed by atoms with E-state index in [1.807, 2.05) is 6.92 Å². The second-order valence-corrected chi connectivity index (χ2v) is 4.73. The van der Waals surface area contributed by atoms with Gasteiger partial charge >= 0.3 is 0 Å². The van der Waals surface area contributed by atoms with Gasteiger partial charge in [-0.1, -0.05) is 6.92 Å². The second-order valence-electron chi connectivity index (χ2n) is 4.73. The van der Waals surface area contributed by atoms with E-state index in [2.05, 4.69) is 5.32 Å². The van der Waals surface area contributed by atoms with Gasteiger partial charge in [-0.3, -0.25) is 0 Å². The molecule has 1 heterocycles. The van der Waals surface area contributed by atoms with Crippen LogP contribution in [0, 0.1) is 11.6 Å². The van der Waals surface area contributed by atoms with E-state index in [1.165, 1.54) is 6.07 Å². The summed E-state index contributed by atoms with van der Waals surface area (Å²) >= 11 is 0. The molecule has 4 heteroatoms. The zero-order valence-corrected chi connectivity index (χ0v) is 10.2. The number of rotatable bonds is 4. The number of benzene rings is 1. The summed E-state index contributed by atoms with van der Waals surface area (Å²) in [6.45, 7) is 3.38. The number of halogens is 2. The third-order valence-corrected chi connectivity index (χ3v) is 3.39. The van der Waals surface area contributed by atoms with Crippen LogP contribution in [-0.2, 0) is 6.54 Å². The normalized spacial score (nSPS) is 15.5. The Morgan fingerprint density at radius 3 is 2.78 bits per heavy atom. The molecule has 1 saturated carbocycles. The zero-order valence-electron chi connectivity index (χ0n) is 10.2. The van der Waals surface area contributed by atoms with E-state index >= 15 is 0 Å². The standard InChI is InChI=1S/C14H15F2NO/c1-2-17-7-11-12(8-3-4-8)9-5-6-10(15)13(16)14(9)18-11/h5-6,8,17H,2-4,7H2,1H3. The average Bonchev–Trinajstić information content (AvgIpc) is 3.13. The van der Waals surface area contributed by atoms with E-state index in [0.29, 0.717) is 12.5 Å². The van der Waals surface area contributed by atoms with Crippen molar-refractivity contribution < 1.29 is 13.2 Å². The molecule has 1 aromatic heterocycles. The van der Waals surface area contributed by atoms with Crippen LogP contribution in [0.15, 0.2) is 16.5 Å². The van der Waals surface area contributed by atoms with Gasteiger partial charge in [-0.05, 0) is 37.4 Å². The van der Waals surface area contributed by atoms with E-state index in [0.717, 1.165) is 36.1 Å². The van der Waals surface area contributed by atoms with Crippen LogP contribution in [-0.4, -0.2) is 6.54 Å². The van der Waals surface area contributed by atoms with Crippen molar-refractivity contribution in [1.29, 1.82) is 0 Å². The summed E-state index contributed by atoms with van der Waals surface area (Å²) in [5, 5.41) is 3.90. The summed E-state index contributed by atoms with van der Waals surface area (Å²) < 4.78 is 32.5. The van der Waals surface area contributed by atoms with Crippen LogP contribution in [0.2, 0.25) is 0 Å². The molecular formula is C14H15F2NO. The number of hydrogen-bond donors (Lipinski definition) is 1. The first kappa shape index (κ1) is 11.7. The molecule has 0 saturated heterocycles. The van der Waals surface area contributed by atoms with Gasteiger partial charge in [0.05, 0.1) is 6.54 Å². The van der Waals surface area contributed by atoms with Crippen molar-refractivity contribution >= 4 is 11.0 Å². The maximum Gasteiger partial charge on any atom is 0.201 e. The van der Waals surface area contributed by atoms with E-state index in [-0.39, 0.29) is 5.58 Å². The predicted octanol–water partition coefficient (Wildman–Crippen LogP) is 3.70. The highest BCUT2D eigenvalue weighted by atomic mass is 19.2. The lowest BCUT2D eigenvalue weighted by Crippen LogP contribution is -2.12. The van der Waals surface area contributed by atoms with E-state index < -0.39 is 11.6 Å². The van der Waals surface area contributed by atoms with Crippen molar-refractivity contribution in [2.24, 2.45) is 0 Å². The molecule has 96 valence electrons. The van der Waals surface area contributed by atoms with Crippen LogP contribution in [0.3, 0.4) is 0 Å². The minimum absolute atomic E-state index is 0.0600. The smallest absolute Gasteiger partial charge is 0.201 e. The molecule has 0 bridgehead atoms. The van der Waals surface area contributed by atoms with E-state index in [9.17, 15) is 8.78 Å². The molecule has 1 aliphatic carbocycles. The maximum atomic E-state index is 13.7. The third kappa shape index (κ3) is 1.81. The van der Waals surface area contributed by atoms with Gasteiger partial charge in [0.15, 0.2) is 11.4 Å². The van der Waals surface area contributed by atoms with E-state index in [4.69, 9.17) is 4.42 Å². The van der Waals surface area contributed by atoms with Crippen molar-refractivity contribution in [1.82, 2.24) is 5.32 Å². The molecule has 0 radical (unpaired) electrons. The molecule has 2 aromatic rings. The highest BCUT2D eigenvalue weighted by Gasteiger charge is 2.31. The molecule has 2 nitrogen and oxygen atoms in total. The Bertz CT molecular complexity index is 587. The molecule has 1 fully saturated rings. The van der Waals surface area contributed by atoms with Crippen LogP contribution in [0.25, 0.3) is 11.0 Å². The summed E-state index contributed by atoms with van der Waals surface area (Å²) in [6, 6.07) is 2.80. The lowest BCUT2D eigenvalue weighted by molar-refractivity contribution is 0.468. The van der Waals surface area contributed by atoms with Gasteiger partial charge in [0.1, 0.15) is 5.76 Å².